The molecule has 1 aromatic heterocycles. The van der Waals surface area contributed by atoms with E-state index >= 15 is 0 Å². The van der Waals surface area contributed by atoms with Gasteiger partial charge >= 0.3 is 30.1 Å². The Balaban J connectivity index is 2.55. The Kier molecular flexibility index (Phi) is 8.15. The van der Waals surface area contributed by atoms with Gasteiger partial charge in [0.2, 0.25) is 5.82 Å². The Morgan fingerprint density at radius 3 is 2.54 bits per heavy atom. The first-order valence-electron chi connectivity index (χ1n) is 7.36. The number of aromatic amines is 1. The molecule has 0 saturated carbocycles. The minimum Gasteiger partial charge on any atom is -0.442 e. The Bertz CT molecular complexity index is 770. The summed E-state index contributed by atoms with van der Waals surface area (Å²) in [5.74, 6) is -3.80. The first kappa shape index (κ1) is 21.0. The molecule has 1 unspecified atom stereocenters. The van der Waals surface area contributed by atoms with E-state index in [9.17, 15) is 28.4 Å². The van der Waals surface area contributed by atoms with Crippen molar-refractivity contribution in [3.05, 3.63) is 32.9 Å². The van der Waals surface area contributed by atoms with Crippen LogP contribution in [0.1, 0.15) is 26.7 Å². The third-order valence-electron chi connectivity index (χ3n) is 2.61. The monoisotopic (exact) mass is 376 g/mol. The fourth-order valence-corrected chi connectivity index (χ4v) is 1.50. The molecule has 0 aliphatic carbocycles. The number of H-pyrrole nitrogens is 1. The Hall–Kier alpha value is -3.02. The van der Waals surface area contributed by atoms with Crippen LogP contribution in [0.3, 0.4) is 0 Å². The fourth-order valence-electron chi connectivity index (χ4n) is 1.50. The van der Waals surface area contributed by atoms with Crippen LogP contribution in [0.15, 0.2) is 15.8 Å². The predicted octanol–water partition coefficient (Wildman–Crippen LogP) is -0.617. The Labute approximate surface area is 145 Å². The normalized spacial score (nSPS) is 11.5. The summed E-state index contributed by atoms with van der Waals surface area (Å²) in [5, 5.41) is 0. The lowest BCUT2D eigenvalue weighted by molar-refractivity contribution is -0.265. The lowest BCUT2D eigenvalue weighted by Crippen LogP contribution is -2.33. The molecule has 0 fully saturated rings. The summed E-state index contributed by atoms with van der Waals surface area (Å²) in [5.41, 5.74) is -2.20. The van der Waals surface area contributed by atoms with E-state index in [1.807, 2.05) is 0 Å². The maximum atomic E-state index is 13.1. The fraction of sp³-hybridized carbons (Fsp3) is 0.500. The molecule has 11 nitrogen and oxygen atoms in total. The number of esters is 3. The van der Waals surface area contributed by atoms with Crippen LogP contribution in [0.2, 0.25) is 0 Å². The van der Waals surface area contributed by atoms with Crippen molar-refractivity contribution in [2.24, 2.45) is 0 Å². The standard InChI is InChI=1S/C14H17FN2O9/c1-3-4-10(19)26-14(25-8(2)18)23-6-11(20)24-7-17-5-9(15)12(21)16-13(17)22/h5,14H,3-4,6-7H2,1-2H3,(H,16,21,22). The molecule has 12 heteroatoms. The number of nitrogens with zero attached hydrogens (tertiary/aromatic N) is 1. The highest BCUT2D eigenvalue weighted by Crippen LogP contribution is 2.03. The Morgan fingerprint density at radius 1 is 1.23 bits per heavy atom. The average Bonchev–Trinajstić information content (AvgIpc) is 2.54. The number of ether oxygens (including phenoxy) is 4. The lowest BCUT2D eigenvalue weighted by atomic mass is 10.3. The van der Waals surface area contributed by atoms with Crippen molar-refractivity contribution < 1.29 is 37.7 Å². The van der Waals surface area contributed by atoms with E-state index in [-0.39, 0.29) is 6.42 Å². The van der Waals surface area contributed by atoms with Crippen LogP contribution in [0.4, 0.5) is 4.39 Å². The quantitative estimate of drug-likeness (QED) is 0.440. The van der Waals surface area contributed by atoms with E-state index in [1.165, 1.54) is 0 Å². The van der Waals surface area contributed by atoms with E-state index in [2.05, 4.69) is 9.47 Å². The molecule has 1 heterocycles. The molecule has 0 radical (unpaired) electrons. The summed E-state index contributed by atoms with van der Waals surface area (Å²) in [6, 6.07) is 0. The number of carbonyl (C=O) groups is 3. The molecule has 26 heavy (non-hydrogen) atoms. The van der Waals surface area contributed by atoms with E-state index < -0.39 is 54.8 Å². The lowest BCUT2D eigenvalue weighted by Gasteiger charge is -2.17. The van der Waals surface area contributed by atoms with Gasteiger partial charge in [0.25, 0.3) is 5.56 Å². The summed E-state index contributed by atoms with van der Waals surface area (Å²) in [7, 11) is 0. The SMILES string of the molecule is CCCC(=O)OC(OCC(=O)OCn1cc(F)c(=O)[nH]c1=O)OC(C)=O. The van der Waals surface area contributed by atoms with E-state index in [4.69, 9.17) is 9.47 Å². The topological polar surface area (TPSA) is 143 Å². The minimum absolute atomic E-state index is 0.0479. The zero-order valence-corrected chi connectivity index (χ0v) is 14.0. The van der Waals surface area contributed by atoms with Crippen molar-refractivity contribution in [1.82, 2.24) is 9.55 Å². The molecular formula is C14H17FN2O9. The van der Waals surface area contributed by atoms with Crippen LogP contribution in [-0.2, 0) is 40.1 Å². The van der Waals surface area contributed by atoms with Crippen molar-refractivity contribution in [3.63, 3.8) is 0 Å². The molecule has 0 spiro atoms. The second-order valence-electron chi connectivity index (χ2n) is 4.80. The first-order valence-corrected chi connectivity index (χ1v) is 7.36. The van der Waals surface area contributed by atoms with Crippen LogP contribution in [0, 0.1) is 5.82 Å². The van der Waals surface area contributed by atoms with Crippen LogP contribution in [-0.4, -0.2) is 40.5 Å². The second-order valence-corrected chi connectivity index (χ2v) is 4.80. The summed E-state index contributed by atoms with van der Waals surface area (Å²) in [4.78, 5) is 57.8. The van der Waals surface area contributed by atoms with Gasteiger partial charge in [-0.15, -0.1) is 0 Å². The van der Waals surface area contributed by atoms with Crippen molar-refractivity contribution in [1.29, 1.82) is 0 Å². The number of hydrogen-bond donors (Lipinski definition) is 1. The average molecular weight is 376 g/mol. The van der Waals surface area contributed by atoms with Gasteiger partial charge in [0.15, 0.2) is 13.3 Å². The van der Waals surface area contributed by atoms with Crippen molar-refractivity contribution >= 4 is 17.9 Å². The van der Waals surface area contributed by atoms with Gasteiger partial charge in [-0.05, 0) is 6.42 Å². The maximum absolute atomic E-state index is 13.1. The zero-order chi connectivity index (χ0) is 19.7. The number of carbonyl (C=O) groups excluding carboxylic acids is 3. The summed E-state index contributed by atoms with van der Waals surface area (Å²) in [6.45, 7) is -0.477. The van der Waals surface area contributed by atoms with Crippen molar-refractivity contribution in [2.75, 3.05) is 6.61 Å². The van der Waals surface area contributed by atoms with Gasteiger partial charge in [0.1, 0.15) is 0 Å². The summed E-state index contributed by atoms with van der Waals surface area (Å²) >= 11 is 0. The number of nitrogens with one attached hydrogen (secondary N) is 1. The molecular weight excluding hydrogens is 359 g/mol. The largest absolute Gasteiger partial charge is 0.442 e. The smallest absolute Gasteiger partial charge is 0.365 e. The molecule has 0 aliphatic heterocycles. The van der Waals surface area contributed by atoms with Crippen molar-refractivity contribution in [3.8, 4) is 0 Å². The number of aromatic nitrogens is 2. The molecule has 0 saturated heterocycles. The highest BCUT2D eigenvalue weighted by molar-refractivity contribution is 5.71. The van der Waals surface area contributed by atoms with Gasteiger partial charge in [-0.25, -0.2) is 9.59 Å². The highest BCUT2D eigenvalue weighted by atomic mass is 19.1. The molecule has 1 rings (SSSR count). The number of halogens is 1. The van der Waals surface area contributed by atoms with Crippen LogP contribution in [0.25, 0.3) is 0 Å². The molecule has 0 bridgehead atoms. The third-order valence-corrected chi connectivity index (χ3v) is 2.61. The van der Waals surface area contributed by atoms with Gasteiger partial charge in [0, 0.05) is 13.3 Å². The van der Waals surface area contributed by atoms with Crippen LogP contribution < -0.4 is 11.2 Å². The van der Waals surface area contributed by atoms with Gasteiger partial charge in [0.05, 0.1) is 6.20 Å². The second kappa shape index (κ2) is 10.1. The van der Waals surface area contributed by atoms with Gasteiger partial charge in [-0.3, -0.25) is 28.7 Å². The van der Waals surface area contributed by atoms with Crippen LogP contribution in [0.5, 0.6) is 0 Å². The summed E-state index contributed by atoms with van der Waals surface area (Å²) in [6.07, 6.45) is 1.09. The van der Waals surface area contributed by atoms with Gasteiger partial charge in [-0.2, -0.15) is 4.39 Å². The predicted molar refractivity (Wildman–Crippen MR) is 79.9 cm³/mol. The zero-order valence-electron chi connectivity index (χ0n) is 14.0. The van der Waals surface area contributed by atoms with E-state index in [0.717, 1.165) is 6.92 Å². The minimum atomic E-state index is -1.74. The highest BCUT2D eigenvalue weighted by Gasteiger charge is 2.19. The molecule has 1 atom stereocenters. The molecule has 144 valence electrons. The number of rotatable bonds is 9. The van der Waals surface area contributed by atoms with Gasteiger partial charge in [-0.1, -0.05) is 6.92 Å². The molecule has 1 N–H and O–H groups in total. The van der Waals surface area contributed by atoms with Crippen molar-refractivity contribution in [2.45, 2.75) is 39.9 Å². The maximum Gasteiger partial charge on any atom is 0.365 e. The molecule has 0 aromatic carbocycles. The summed E-state index contributed by atoms with van der Waals surface area (Å²) < 4.78 is 32.4. The molecule has 1 aromatic rings. The van der Waals surface area contributed by atoms with E-state index in [0.29, 0.717) is 17.2 Å². The van der Waals surface area contributed by atoms with Crippen LogP contribution >= 0.6 is 0 Å². The Morgan fingerprint density at radius 2 is 1.92 bits per heavy atom. The van der Waals surface area contributed by atoms with E-state index in [1.54, 1.807) is 11.9 Å². The molecule has 0 aliphatic rings. The first-order chi connectivity index (χ1) is 12.2. The number of hydrogen-bond acceptors (Lipinski definition) is 9. The van der Waals surface area contributed by atoms with Gasteiger partial charge < -0.3 is 14.2 Å². The molecule has 0 amide bonds. The third kappa shape index (κ3) is 7.25.